The molecule has 0 amide bonds. The second-order valence-electron chi connectivity index (χ2n) is 5.34. The Morgan fingerprint density at radius 3 is 2.53 bits per heavy atom. The highest BCUT2D eigenvalue weighted by atomic mass is 35.5. The number of likely N-dealkylation sites (tertiary alicyclic amines) is 1. The first-order chi connectivity index (χ1) is 9.15. The lowest BCUT2D eigenvalue weighted by molar-refractivity contribution is 0.121. The van der Waals surface area contributed by atoms with E-state index in [1.165, 1.54) is 18.4 Å². The molecule has 1 aliphatic rings. The van der Waals surface area contributed by atoms with Crippen molar-refractivity contribution >= 4 is 11.6 Å². The van der Waals surface area contributed by atoms with Crippen molar-refractivity contribution in [2.75, 3.05) is 26.2 Å². The monoisotopic (exact) mass is 282 g/mol. The van der Waals surface area contributed by atoms with E-state index in [-0.39, 0.29) is 12.1 Å². The fraction of sp³-hybridized carbons (Fsp3) is 0.600. The van der Waals surface area contributed by atoms with Crippen molar-refractivity contribution in [3.05, 3.63) is 34.9 Å². The van der Waals surface area contributed by atoms with Gasteiger partial charge < -0.3 is 15.3 Å². The summed E-state index contributed by atoms with van der Waals surface area (Å²) < 4.78 is 0. The molecule has 106 valence electrons. The highest BCUT2D eigenvalue weighted by Crippen LogP contribution is 2.16. The molecule has 1 heterocycles. The molecule has 0 bridgehead atoms. The zero-order valence-electron chi connectivity index (χ0n) is 11.5. The van der Waals surface area contributed by atoms with Gasteiger partial charge in [-0.2, -0.15) is 0 Å². The Labute approximate surface area is 120 Å². The van der Waals surface area contributed by atoms with Crippen LogP contribution < -0.4 is 5.32 Å². The summed E-state index contributed by atoms with van der Waals surface area (Å²) in [7, 11) is 0. The minimum absolute atomic E-state index is 0.227. The molecule has 1 aromatic rings. The normalized spacial score (nSPS) is 19.5. The first-order valence-electron chi connectivity index (χ1n) is 7.04. The first kappa shape index (κ1) is 14.8. The van der Waals surface area contributed by atoms with Crippen molar-refractivity contribution in [1.29, 1.82) is 0 Å². The van der Waals surface area contributed by atoms with Crippen molar-refractivity contribution in [1.82, 2.24) is 10.2 Å². The summed E-state index contributed by atoms with van der Waals surface area (Å²) in [5.74, 6) is 0. The number of nitrogens with one attached hydrogen (secondary N) is 1. The largest absolute Gasteiger partial charge is 0.390 e. The van der Waals surface area contributed by atoms with Crippen molar-refractivity contribution in [3.63, 3.8) is 0 Å². The number of nitrogens with zero attached hydrogens (tertiary/aromatic N) is 1. The highest BCUT2D eigenvalue weighted by Gasteiger charge is 2.16. The van der Waals surface area contributed by atoms with Crippen LogP contribution in [0.5, 0.6) is 0 Å². The Morgan fingerprint density at radius 2 is 1.89 bits per heavy atom. The fourth-order valence-corrected chi connectivity index (χ4v) is 2.64. The maximum absolute atomic E-state index is 10.0. The van der Waals surface area contributed by atoms with E-state index in [2.05, 4.69) is 17.1 Å². The van der Waals surface area contributed by atoms with Crippen molar-refractivity contribution < 1.29 is 5.11 Å². The van der Waals surface area contributed by atoms with Gasteiger partial charge in [0.2, 0.25) is 0 Å². The molecule has 0 aliphatic carbocycles. The minimum Gasteiger partial charge on any atom is -0.390 e. The predicted octanol–water partition coefficient (Wildman–Crippen LogP) is 2.45. The van der Waals surface area contributed by atoms with Crippen molar-refractivity contribution in [3.8, 4) is 0 Å². The lowest BCUT2D eigenvalue weighted by atomic mass is 10.1. The summed E-state index contributed by atoms with van der Waals surface area (Å²) in [6.07, 6.45) is 2.23. The topological polar surface area (TPSA) is 35.5 Å². The zero-order chi connectivity index (χ0) is 13.7. The van der Waals surface area contributed by atoms with Crippen LogP contribution in [0.15, 0.2) is 24.3 Å². The number of β-amino-alcohol motifs (C(OH)–C–C–N with tert-alkyl or cyclic N) is 1. The van der Waals surface area contributed by atoms with Crippen LogP contribution in [0.3, 0.4) is 0 Å². The van der Waals surface area contributed by atoms with E-state index in [4.69, 9.17) is 11.6 Å². The molecule has 1 saturated heterocycles. The molecule has 4 heteroatoms. The van der Waals surface area contributed by atoms with Gasteiger partial charge in [-0.25, -0.2) is 0 Å². The Kier molecular flexibility index (Phi) is 5.64. The molecule has 0 aromatic heterocycles. The summed E-state index contributed by atoms with van der Waals surface area (Å²) in [6.45, 7) is 5.76. The molecule has 0 saturated carbocycles. The fourth-order valence-electron chi connectivity index (χ4n) is 2.51. The molecular formula is C15H23ClN2O. The van der Waals surface area contributed by atoms with Gasteiger partial charge in [0.25, 0.3) is 0 Å². The molecule has 1 aliphatic heterocycles. The lowest BCUT2D eigenvalue weighted by Crippen LogP contribution is -2.37. The molecule has 1 unspecified atom stereocenters. The van der Waals surface area contributed by atoms with Crippen LogP contribution in [0.2, 0.25) is 5.02 Å². The average Bonchev–Trinajstić information content (AvgIpc) is 2.89. The summed E-state index contributed by atoms with van der Waals surface area (Å²) in [6, 6.07) is 8.07. The first-order valence-corrected chi connectivity index (χ1v) is 7.42. The van der Waals surface area contributed by atoms with Gasteiger partial charge in [-0.05, 0) is 50.6 Å². The van der Waals surface area contributed by atoms with Gasteiger partial charge in [0.15, 0.2) is 0 Å². The standard InChI is InChI=1S/C15H23ClN2O/c1-12(13-4-6-14(16)7-5-13)17-10-15(19)11-18-8-2-3-9-18/h4-7,12,15,17,19H,2-3,8-11H2,1H3/t12-,15?/m1/s1. The summed E-state index contributed by atoms with van der Waals surface area (Å²) in [4.78, 5) is 2.33. The van der Waals surface area contributed by atoms with Gasteiger partial charge in [-0.3, -0.25) is 0 Å². The quantitative estimate of drug-likeness (QED) is 0.841. The lowest BCUT2D eigenvalue weighted by Gasteiger charge is -2.22. The molecule has 0 radical (unpaired) electrons. The highest BCUT2D eigenvalue weighted by molar-refractivity contribution is 6.30. The molecule has 1 aromatic carbocycles. The molecule has 19 heavy (non-hydrogen) atoms. The maximum atomic E-state index is 10.0. The Balaban J connectivity index is 1.73. The third kappa shape index (κ3) is 4.77. The third-order valence-corrected chi connectivity index (χ3v) is 3.95. The van der Waals surface area contributed by atoms with Gasteiger partial charge in [-0.1, -0.05) is 23.7 Å². The van der Waals surface area contributed by atoms with Crippen LogP contribution in [-0.2, 0) is 0 Å². The van der Waals surface area contributed by atoms with Crippen LogP contribution in [0, 0.1) is 0 Å². The van der Waals surface area contributed by atoms with Crippen molar-refractivity contribution in [2.45, 2.75) is 31.9 Å². The summed E-state index contributed by atoms with van der Waals surface area (Å²) in [5, 5.41) is 14.2. The number of hydrogen-bond acceptors (Lipinski definition) is 3. The van der Waals surface area contributed by atoms with E-state index >= 15 is 0 Å². The van der Waals surface area contributed by atoms with Crippen LogP contribution in [0.25, 0.3) is 0 Å². The Morgan fingerprint density at radius 1 is 1.26 bits per heavy atom. The van der Waals surface area contributed by atoms with E-state index in [9.17, 15) is 5.11 Å². The van der Waals surface area contributed by atoms with Crippen LogP contribution in [0.4, 0.5) is 0 Å². The van der Waals surface area contributed by atoms with E-state index in [1.807, 2.05) is 24.3 Å². The molecule has 2 N–H and O–H groups in total. The van der Waals surface area contributed by atoms with E-state index in [0.717, 1.165) is 24.7 Å². The molecular weight excluding hydrogens is 260 g/mol. The second-order valence-corrected chi connectivity index (χ2v) is 5.78. The number of aliphatic hydroxyl groups is 1. The van der Waals surface area contributed by atoms with Crippen LogP contribution >= 0.6 is 11.6 Å². The maximum Gasteiger partial charge on any atom is 0.0791 e. The third-order valence-electron chi connectivity index (χ3n) is 3.70. The predicted molar refractivity (Wildman–Crippen MR) is 79.6 cm³/mol. The SMILES string of the molecule is C[C@@H](NCC(O)CN1CCCC1)c1ccc(Cl)cc1. The van der Waals surface area contributed by atoms with Crippen LogP contribution in [0.1, 0.15) is 31.4 Å². The number of rotatable bonds is 6. The Hall–Kier alpha value is -0.610. The smallest absolute Gasteiger partial charge is 0.0791 e. The van der Waals surface area contributed by atoms with E-state index < -0.39 is 0 Å². The second kappa shape index (κ2) is 7.25. The Bertz CT molecular complexity index is 376. The number of benzene rings is 1. The average molecular weight is 283 g/mol. The summed E-state index contributed by atoms with van der Waals surface area (Å²) in [5.41, 5.74) is 1.19. The summed E-state index contributed by atoms with van der Waals surface area (Å²) >= 11 is 5.87. The van der Waals surface area contributed by atoms with Gasteiger partial charge in [0, 0.05) is 24.2 Å². The van der Waals surface area contributed by atoms with Crippen molar-refractivity contribution in [2.24, 2.45) is 0 Å². The van der Waals surface area contributed by atoms with Gasteiger partial charge >= 0.3 is 0 Å². The van der Waals surface area contributed by atoms with Crippen LogP contribution in [-0.4, -0.2) is 42.3 Å². The number of halogens is 1. The number of aliphatic hydroxyl groups excluding tert-OH is 1. The van der Waals surface area contributed by atoms with E-state index in [0.29, 0.717) is 6.54 Å². The van der Waals surface area contributed by atoms with Gasteiger partial charge in [0.05, 0.1) is 6.10 Å². The van der Waals surface area contributed by atoms with E-state index in [1.54, 1.807) is 0 Å². The molecule has 3 nitrogen and oxygen atoms in total. The van der Waals surface area contributed by atoms with Gasteiger partial charge in [-0.15, -0.1) is 0 Å². The minimum atomic E-state index is -0.298. The molecule has 2 atom stereocenters. The zero-order valence-corrected chi connectivity index (χ0v) is 12.2. The molecule has 2 rings (SSSR count). The molecule has 0 spiro atoms. The number of hydrogen-bond donors (Lipinski definition) is 2. The van der Waals surface area contributed by atoms with Gasteiger partial charge in [0.1, 0.15) is 0 Å². The molecule has 1 fully saturated rings.